The molecule has 0 bridgehead atoms. The van der Waals surface area contributed by atoms with Crippen molar-refractivity contribution >= 4 is 17.8 Å². The van der Waals surface area contributed by atoms with Crippen LogP contribution >= 0.6 is 0 Å². The van der Waals surface area contributed by atoms with Gasteiger partial charge in [0.2, 0.25) is 5.91 Å². The number of carbonyl (C=O) groups excluding carboxylic acids is 3. The topological polar surface area (TPSA) is 96.3 Å². The fourth-order valence-electron chi connectivity index (χ4n) is 2.84. The van der Waals surface area contributed by atoms with Gasteiger partial charge in [0.05, 0.1) is 24.5 Å². The number of aromatic nitrogens is 2. The molecule has 1 saturated heterocycles. The molecule has 9 heteroatoms. The van der Waals surface area contributed by atoms with Crippen molar-refractivity contribution in [3.05, 3.63) is 47.5 Å². The number of hydrogen-bond donors (Lipinski definition) is 2. The summed E-state index contributed by atoms with van der Waals surface area (Å²) in [6.45, 7) is 3.14. The number of urea groups is 1. The average Bonchev–Trinajstić information content (AvgIpc) is 3.12. The van der Waals surface area contributed by atoms with Gasteiger partial charge in [-0.15, -0.1) is 0 Å². The van der Waals surface area contributed by atoms with Gasteiger partial charge in [-0.3, -0.25) is 14.5 Å². The molecule has 4 amide bonds. The van der Waals surface area contributed by atoms with Crippen LogP contribution in [0.2, 0.25) is 0 Å². The molecule has 136 valence electrons. The van der Waals surface area contributed by atoms with E-state index in [0.717, 1.165) is 16.2 Å². The van der Waals surface area contributed by atoms with Crippen molar-refractivity contribution in [3.8, 4) is 5.69 Å². The fraction of sp³-hybridized carbons (Fsp3) is 0.294. The molecular weight excluding hydrogens is 341 g/mol. The summed E-state index contributed by atoms with van der Waals surface area (Å²) in [5, 5.41) is 9.35. The van der Waals surface area contributed by atoms with Crippen molar-refractivity contribution in [2.24, 2.45) is 0 Å². The van der Waals surface area contributed by atoms with Gasteiger partial charge in [0.15, 0.2) is 0 Å². The van der Waals surface area contributed by atoms with Gasteiger partial charge >= 0.3 is 6.03 Å². The zero-order valence-corrected chi connectivity index (χ0v) is 14.3. The summed E-state index contributed by atoms with van der Waals surface area (Å²) in [5.74, 6) is -1.26. The second-order valence-corrected chi connectivity index (χ2v) is 6.00. The first-order chi connectivity index (χ1) is 12.4. The molecular formula is C17H18FN5O3. The van der Waals surface area contributed by atoms with Crippen LogP contribution in [0.4, 0.5) is 9.18 Å². The molecule has 2 N–H and O–H groups in total. The molecule has 1 fully saturated rings. The zero-order valence-electron chi connectivity index (χ0n) is 14.3. The van der Waals surface area contributed by atoms with Gasteiger partial charge in [-0.25, -0.2) is 13.9 Å². The van der Waals surface area contributed by atoms with Crippen molar-refractivity contribution in [1.29, 1.82) is 0 Å². The van der Waals surface area contributed by atoms with Crippen LogP contribution in [0.5, 0.6) is 0 Å². The smallest absolute Gasteiger partial charge is 0.325 e. The highest BCUT2D eigenvalue weighted by atomic mass is 19.1. The number of halogens is 1. The van der Waals surface area contributed by atoms with Crippen LogP contribution in [-0.2, 0) is 9.59 Å². The molecule has 2 aromatic rings. The van der Waals surface area contributed by atoms with Crippen LogP contribution in [0.3, 0.4) is 0 Å². The largest absolute Gasteiger partial charge is 0.348 e. The minimum Gasteiger partial charge on any atom is -0.348 e. The van der Waals surface area contributed by atoms with E-state index in [1.807, 2.05) is 6.92 Å². The van der Waals surface area contributed by atoms with E-state index in [2.05, 4.69) is 15.7 Å². The second kappa shape index (κ2) is 6.95. The van der Waals surface area contributed by atoms with Crippen LogP contribution < -0.4 is 10.6 Å². The van der Waals surface area contributed by atoms with Gasteiger partial charge < -0.3 is 10.6 Å². The van der Waals surface area contributed by atoms with Crippen LogP contribution in [-0.4, -0.2) is 45.6 Å². The lowest BCUT2D eigenvalue weighted by molar-refractivity contribution is -0.130. The maximum absolute atomic E-state index is 13.4. The fourth-order valence-corrected chi connectivity index (χ4v) is 2.84. The van der Waals surface area contributed by atoms with E-state index in [0.29, 0.717) is 5.69 Å². The lowest BCUT2D eigenvalue weighted by Gasteiger charge is -2.17. The molecule has 3 rings (SSSR count). The lowest BCUT2D eigenvalue weighted by atomic mass is 10.1. The molecule has 2 heterocycles. The van der Waals surface area contributed by atoms with Crippen molar-refractivity contribution < 1.29 is 18.8 Å². The summed E-state index contributed by atoms with van der Waals surface area (Å²) < 4.78 is 15.0. The van der Waals surface area contributed by atoms with E-state index in [1.54, 1.807) is 29.9 Å². The quantitative estimate of drug-likeness (QED) is 0.780. The third-order valence-corrected chi connectivity index (χ3v) is 4.18. The SMILES string of the molecule is Cc1c(C(C)NC(=O)CN2C(=O)CNC2=O)cnn1-c1cccc(F)c1. The Balaban J connectivity index is 1.70. The number of amides is 4. The number of nitrogens with zero attached hydrogens (tertiary/aromatic N) is 3. The van der Waals surface area contributed by atoms with E-state index in [1.165, 1.54) is 12.1 Å². The molecule has 1 aromatic heterocycles. The summed E-state index contributed by atoms with van der Waals surface area (Å²) >= 11 is 0. The third kappa shape index (κ3) is 3.41. The number of imide groups is 1. The van der Waals surface area contributed by atoms with E-state index >= 15 is 0 Å². The normalized spacial score (nSPS) is 15.1. The Kier molecular flexibility index (Phi) is 4.70. The predicted octanol–water partition coefficient (Wildman–Crippen LogP) is 1.05. The number of hydrogen-bond acceptors (Lipinski definition) is 4. The summed E-state index contributed by atoms with van der Waals surface area (Å²) in [5.41, 5.74) is 2.07. The zero-order chi connectivity index (χ0) is 18.8. The van der Waals surface area contributed by atoms with Crippen LogP contribution in [0.1, 0.15) is 24.2 Å². The predicted molar refractivity (Wildman–Crippen MR) is 89.9 cm³/mol. The monoisotopic (exact) mass is 359 g/mol. The molecule has 1 atom stereocenters. The van der Waals surface area contributed by atoms with E-state index < -0.39 is 23.9 Å². The molecule has 0 aliphatic carbocycles. The Labute approximate surface area is 149 Å². The van der Waals surface area contributed by atoms with Gasteiger partial charge in [-0.2, -0.15) is 5.10 Å². The molecule has 1 aliphatic heterocycles. The molecule has 1 aromatic carbocycles. The third-order valence-electron chi connectivity index (χ3n) is 4.18. The van der Waals surface area contributed by atoms with Crippen LogP contribution in [0.15, 0.2) is 30.5 Å². The Morgan fingerprint density at radius 1 is 1.42 bits per heavy atom. The molecule has 1 unspecified atom stereocenters. The first-order valence-electron chi connectivity index (χ1n) is 8.05. The highest BCUT2D eigenvalue weighted by molar-refractivity contribution is 6.04. The van der Waals surface area contributed by atoms with Crippen molar-refractivity contribution in [2.75, 3.05) is 13.1 Å². The molecule has 8 nitrogen and oxygen atoms in total. The second-order valence-electron chi connectivity index (χ2n) is 6.00. The summed E-state index contributed by atoms with van der Waals surface area (Å²) in [6.07, 6.45) is 1.60. The van der Waals surface area contributed by atoms with E-state index in [-0.39, 0.29) is 18.9 Å². The van der Waals surface area contributed by atoms with Crippen molar-refractivity contribution in [2.45, 2.75) is 19.9 Å². The molecule has 0 spiro atoms. The molecule has 1 aliphatic rings. The van der Waals surface area contributed by atoms with E-state index in [9.17, 15) is 18.8 Å². The number of nitrogens with one attached hydrogen (secondary N) is 2. The Morgan fingerprint density at radius 2 is 2.19 bits per heavy atom. The van der Waals surface area contributed by atoms with E-state index in [4.69, 9.17) is 0 Å². The van der Waals surface area contributed by atoms with Gasteiger partial charge in [0.25, 0.3) is 5.91 Å². The number of rotatable bonds is 5. The summed E-state index contributed by atoms with van der Waals surface area (Å²) in [6, 6.07) is 5.06. The van der Waals surface area contributed by atoms with Gasteiger partial charge in [0.1, 0.15) is 12.4 Å². The Morgan fingerprint density at radius 3 is 2.85 bits per heavy atom. The number of carbonyl (C=O) groups is 3. The van der Waals surface area contributed by atoms with Gasteiger partial charge in [0, 0.05) is 11.3 Å². The first-order valence-corrected chi connectivity index (χ1v) is 8.05. The highest BCUT2D eigenvalue weighted by Gasteiger charge is 2.30. The Hall–Kier alpha value is -3.23. The first kappa shape index (κ1) is 17.6. The summed E-state index contributed by atoms with van der Waals surface area (Å²) in [7, 11) is 0. The van der Waals surface area contributed by atoms with Crippen molar-refractivity contribution in [1.82, 2.24) is 25.3 Å². The van der Waals surface area contributed by atoms with Gasteiger partial charge in [-0.1, -0.05) is 6.07 Å². The maximum Gasteiger partial charge on any atom is 0.325 e. The van der Waals surface area contributed by atoms with Crippen LogP contribution in [0.25, 0.3) is 5.69 Å². The van der Waals surface area contributed by atoms with Crippen molar-refractivity contribution in [3.63, 3.8) is 0 Å². The molecule has 26 heavy (non-hydrogen) atoms. The molecule has 0 radical (unpaired) electrons. The number of benzene rings is 1. The summed E-state index contributed by atoms with van der Waals surface area (Å²) in [4.78, 5) is 36.0. The Bertz CT molecular complexity index is 863. The average molecular weight is 359 g/mol. The lowest BCUT2D eigenvalue weighted by Crippen LogP contribution is -2.41. The minimum absolute atomic E-state index is 0.0961. The molecule has 0 saturated carbocycles. The standard InChI is InChI=1S/C17H18FN5O3/c1-10(21-15(24)9-22-16(25)8-19-17(22)26)14-7-20-23(11(14)2)13-5-3-4-12(18)6-13/h3-7,10H,8-9H2,1-2H3,(H,19,26)(H,21,24). The van der Waals surface area contributed by atoms with Crippen LogP contribution in [0, 0.1) is 12.7 Å². The minimum atomic E-state index is -0.576. The highest BCUT2D eigenvalue weighted by Crippen LogP contribution is 2.20. The van der Waals surface area contributed by atoms with Gasteiger partial charge in [-0.05, 0) is 32.0 Å². The maximum atomic E-state index is 13.4.